The fourth-order valence-electron chi connectivity index (χ4n) is 4.52. The summed E-state index contributed by atoms with van der Waals surface area (Å²) in [5.41, 5.74) is 0.924. The van der Waals surface area contributed by atoms with Crippen molar-refractivity contribution in [2.75, 3.05) is 44.9 Å². The molecule has 3 heterocycles. The third kappa shape index (κ3) is 4.69. The van der Waals surface area contributed by atoms with Gasteiger partial charge in [0.1, 0.15) is 0 Å². The molecule has 1 N–H and O–H groups in total. The summed E-state index contributed by atoms with van der Waals surface area (Å²) in [5, 5.41) is 4.09. The number of nitrogens with one attached hydrogen (secondary N) is 1. The third-order valence-electron chi connectivity index (χ3n) is 6.18. The summed E-state index contributed by atoms with van der Waals surface area (Å²) in [5.74, 6) is 2.93. The van der Waals surface area contributed by atoms with Crippen molar-refractivity contribution >= 4 is 29.1 Å². The fourth-order valence-corrected chi connectivity index (χ4v) is 4.82. The third-order valence-corrected chi connectivity index (χ3v) is 6.54. The van der Waals surface area contributed by atoms with Gasteiger partial charge in [0.05, 0.1) is 6.61 Å². The van der Waals surface area contributed by atoms with Gasteiger partial charge < -0.3 is 29.3 Å². The van der Waals surface area contributed by atoms with Crippen LogP contribution < -0.4 is 14.8 Å². The molecular formula is C21H29N3O4S. The number of rotatable bonds is 3. The van der Waals surface area contributed by atoms with Crippen LogP contribution in [0.1, 0.15) is 32.6 Å². The number of hydrogen-bond donors (Lipinski definition) is 1. The Morgan fingerprint density at radius 2 is 1.69 bits per heavy atom. The summed E-state index contributed by atoms with van der Waals surface area (Å²) < 4.78 is 15.9. The molecule has 0 unspecified atom stereocenters. The standard InChI is InChI=1S/C21H29N3O4S/c1-2-26-21(25)24-11-7-16(8-12-24)15-5-9-23(10-6-15)20(29)22-17-3-4-18-19(13-17)28-14-27-18/h3-4,13,15-16H,2,5-12,14H2,1H3,(H,22,29). The molecule has 8 heteroatoms. The Morgan fingerprint density at radius 3 is 2.34 bits per heavy atom. The molecule has 4 rings (SSSR count). The number of thiocarbonyl (C=S) groups is 1. The summed E-state index contributed by atoms with van der Waals surface area (Å²) in [4.78, 5) is 16.0. The predicted octanol–water partition coefficient (Wildman–Crippen LogP) is 3.69. The molecule has 0 atom stereocenters. The smallest absolute Gasteiger partial charge is 0.409 e. The number of carbonyl (C=O) groups excluding carboxylic acids is 1. The first-order valence-electron chi connectivity index (χ1n) is 10.5. The molecule has 2 fully saturated rings. The van der Waals surface area contributed by atoms with Crippen LogP contribution >= 0.6 is 12.2 Å². The topological polar surface area (TPSA) is 63.3 Å². The highest BCUT2D eigenvalue weighted by Gasteiger charge is 2.31. The number of amides is 1. The average molecular weight is 420 g/mol. The fraction of sp³-hybridized carbons (Fsp3) is 0.619. The Labute approximate surface area is 177 Å². The number of ether oxygens (including phenoxy) is 3. The Balaban J connectivity index is 1.22. The van der Waals surface area contributed by atoms with E-state index in [9.17, 15) is 4.79 Å². The Morgan fingerprint density at radius 1 is 1.07 bits per heavy atom. The van der Waals surface area contributed by atoms with E-state index in [2.05, 4.69) is 10.2 Å². The van der Waals surface area contributed by atoms with Crippen LogP contribution in [0, 0.1) is 11.8 Å². The lowest BCUT2D eigenvalue weighted by molar-refractivity contribution is 0.0768. The van der Waals surface area contributed by atoms with E-state index in [0.717, 1.165) is 74.2 Å². The first kappa shape index (κ1) is 20.1. The van der Waals surface area contributed by atoms with E-state index in [1.807, 2.05) is 30.0 Å². The maximum atomic E-state index is 11.9. The molecule has 0 aromatic heterocycles. The van der Waals surface area contributed by atoms with Crippen LogP contribution in [-0.4, -0.2) is 60.6 Å². The van der Waals surface area contributed by atoms with Crippen LogP contribution in [0.4, 0.5) is 10.5 Å². The number of anilines is 1. The Kier molecular flexibility index (Phi) is 6.28. The zero-order chi connectivity index (χ0) is 20.2. The number of hydrogen-bond acceptors (Lipinski definition) is 5. The number of nitrogens with zero attached hydrogens (tertiary/aromatic N) is 2. The number of piperidine rings is 2. The van der Waals surface area contributed by atoms with Crippen LogP contribution in [0.2, 0.25) is 0 Å². The monoisotopic (exact) mass is 419 g/mol. The molecule has 158 valence electrons. The number of benzene rings is 1. The molecule has 7 nitrogen and oxygen atoms in total. The molecule has 1 aromatic rings. The maximum Gasteiger partial charge on any atom is 0.409 e. The van der Waals surface area contributed by atoms with Gasteiger partial charge in [0.2, 0.25) is 6.79 Å². The lowest BCUT2D eigenvalue weighted by atomic mass is 9.79. The molecule has 0 radical (unpaired) electrons. The van der Waals surface area contributed by atoms with Crippen LogP contribution in [0.5, 0.6) is 11.5 Å². The average Bonchev–Trinajstić information content (AvgIpc) is 3.22. The summed E-state index contributed by atoms with van der Waals surface area (Å²) in [7, 11) is 0. The predicted molar refractivity (Wildman–Crippen MR) is 114 cm³/mol. The van der Waals surface area contributed by atoms with Crippen LogP contribution in [0.25, 0.3) is 0 Å². The molecular weight excluding hydrogens is 390 g/mol. The molecule has 1 aromatic carbocycles. The number of carbonyl (C=O) groups is 1. The molecule has 2 saturated heterocycles. The summed E-state index contributed by atoms with van der Waals surface area (Å²) >= 11 is 5.63. The van der Waals surface area contributed by atoms with Crippen molar-refractivity contribution in [3.8, 4) is 11.5 Å². The molecule has 3 aliphatic rings. The first-order chi connectivity index (χ1) is 14.1. The van der Waals surface area contributed by atoms with Gasteiger partial charge in [0, 0.05) is 37.9 Å². The van der Waals surface area contributed by atoms with Gasteiger partial charge >= 0.3 is 6.09 Å². The van der Waals surface area contributed by atoms with Gasteiger partial charge in [-0.15, -0.1) is 0 Å². The summed E-state index contributed by atoms with van der Waals surface area (Å²) in [6, 6.07) is 5.80. The van der Waals surface area contributed by atoms with Crippen molar-refractivity contribution < 1.29 is 19.0 Å². The quantitative estimate of drug-likeness (QED) is 0.750. The van der Waals surface area contributed by atoms with Crippen molar-refractivity contribution in [1.29, 1.82) is 0 Å². The summed E-state index contributed by atoms with van der Waals surface area (Å²) in [6.45, 7) is 6.14. The first-order valence-corrected chi connectivity index (χ1v) is 10.9. The van der Waals surface area contributed by atoms with E-state index >= 15 is 0 Å². The highest BCUT2D eigenvalue weighted by molar-refractivity contribution is 7.80. The molecule has 0 aliphatic carbocycles. The SMILES string of the molecule is CCOC(=O)N1CCC(C2CCN(C(=S)Nc3ccc4c(c3)OCO4)CC2)CC1. The van der Waals surface area contributed by atoms with E-state index in [1.54, 1.807) is 0 Å². The maximum absolute atomic E-state index is 11.9. The van der Waals surface area contributed by atoms with Crippen molar-refractivity contribution in [2.24, 2.45) is 11.8 Å². The lowest BCUT2D eigenvalue weighted by Crippen LogP contribution is -2.45. The van der Waals surface area contributed by atoms with Gasteiger partial charge in [0.25, 0.3) is 0 Å². The van der Waals surface area contributed by atoms with Crippen LogP contribution in [0.3, 0.4) is 0 Å². The van der Waals surface area contributed by atoms with E-state index in [0.29, 0.717) is 18.4 Å². The lowest BCUT2D eigenvalue weighted by Gasteiger charge is -2.40. The molecule has 0 bridgehead atoms. The van der Waals surface area contributed by atoms with Crippen LogP contribution in [-0.2, 0) is 4.74 Å². The molecule has 29 heavy (non-hydrogen) atoms. The number of likely N-dealkylation sites (tertiary alicyclic amines) is 2. The normalized spacial score (nSPS) is 19.9. The van der Waals surface area contributed by atoms with Gasteiger partial charge in [-0.05, 0) is 68.8 Å². The minimum absolute atomic E-state index is 0.166. The van der Waals surface area contributed by atoms with E-state index < -0.39 is 0 Å². The van der Waals surface area contributed by atoms with Crippen LogP contribution in [0.15, 0.2) is 18.2 Å². The highest BCUT2D eigenvalue weighted by Crippen LogP contribution is 2.35. The van der Waals surface area contributed by atoms with Crippen molar-refractivity contribution in [2.45, 2.75) is 32.6 Å². The zero-order valence-corrected chi connectivity index (χ0v) is 17.7. The van der Waals surface area contributed by atoms with Crippen molar-refractivity contribution in [3.63, 3.8) is 0 Å². The molecule has 3 aliphatic heterocycles. The van der Waals surface area contributed by atoms with Gasteiger partial charge in [0.15, 0.2) is 16.6 Å². The second-order valence-electron chi connectivity index (χ2n) is 7.85. The van der Waals surface area contributed by atoms with Crippen molar-refractivity contribution in [3.05, 3.63) is 18.2 Å². The molecule has 1 amide bonds. The Hall–Kier alpha value is -2.22. The van der Waals surface area contributed by atoms with Gasteiger partial charge in [-0.25, -0.2) is 4.79 Å². The highest BCUT2D eigenvalue weighted by atomic mass is 32.1. The van der Waals surface area contributed by atoms with E-state index in [4.69, 9.17) is 26.4 Å². The minimum atomic E-state index is -0.166. The van der Waals surface area contributed by atoms with Gasteiger partial charge in [-0.3, -0.25) is 0 Å². The second-order valence-corrected chi connectivity index (χ2v) is 8.23. The van der Waals surface area contributed by atoms with Gasteiger partial charge in [-0.1, -0.05) is 0 Å². The van der Waals surface area contributed by atoms with E-state index in [-0.39, 0.29) is 12.9 Å². The largest absolute Gasteiger partial charge is 0.454 e. The number of fused-ring (bicyclic) bond motifs is 1. The Bertz CT molecular complexity index is 743. The zero-order valence-electron chi connectivity index (χ0n) is 16.9. The minimum Gasteiger partial charge on any atom is -0.454 e. The second kappa shape index (κ2) is 9.07. The summed E-state index contributed by atoms with van der Waals surface area (Å²) in [6.07, 6.45) is 4.27. The van der Waals surface area contributed by atoms with Crippen molar-refractivity contribution in [1.82, 2.24) is 9.80 Å². The van der Waals surface area contributed by atoms with E-state index in [1.165, 1.54) is 0 Å². The van der Waals surface area contributed by atoms with Gasteiger partial charge in [-0.2, -0.15) is 0 Å². The molecule has 0 saturated carbocycles. The molecule has 0 spiro atoms.